The number of hydrogen-bond acceptors (Lipinski definition) is 2. The molecule has 2 N–H and O–H groups in total. The Morgan fingerprint density at radius 1 is 1.25 bits per heavy atom. The van der Waals surface area contributed by atoms with Crippen LogP contribution < -0.4 is 5.73 Å². The summed E-state index contributed by atoms with van der Waals surface area (Å²) in [6.07, 6.45) is 3.23. The van der Waals surface area contributed by atoms with E-state index < -0.39 is 0 Å². The number of nitrogens with two attached hydrogens (primary N) is 1. The van der Waals surface area contributed by atoms with Gasteiger partial charge in [0.05, 0.1) is 0 Å². The maximum atomic E-state index is 13.5. The standard InChI is InChI=1S/C13H19FN2/c14-13-6-2-1-4-11(13)10-16-8-3-5-12(15)7-9-16/h1-2,4,6,12H,3,5,7-10,15H2. The summed E-state index contributed by atoms with van der Waals surface area (Å²) >= 11 is 0. The Morgan fingerprint density at radius 2 is 2.06 bits per heavy atom. The van der Waals surface area contributed by atoms with Gasteiger partial charge in [0.2, 0.25) is 0 Å². The van der Waals surface area contributed by atoms with Crippen LogP contribution in [0.5, 0.6) is 0 Å². The second-order valence-electron chi connectivity index (χ2n) is 4.56. The van der Waals surface area contributed by atoms with Gasteiger partial charge in [-0.2, -0.15) is 0 Å². The SMILES string of the molecule is NC1CCCN(Cc2ccccc2F)CC1. The van der Waals surface area contributed by atoms with Crippen LogP contribution in [-0.4, -0.2) is 24.0 Å². The number of benzene rings is 1. The van der Waals surface area contributed by atoms with Crippen molar-refractivity contribution in [2.24, 2.45) is 5.73 Å². The monoisotopic (exact) mass is 222 g/mol. The molecule has 0 aromatic heterocycles. The molecule has 16 heavy (non-hydrogen) atoms. The van der Waals surface area contributed by atoms with E-state index in [1.54, 1.807) is 6.07 Å². The summed E-state index contributed by atoms with van der Waals surface area (Å²) in [4.78, 5) is 2.30. The van der Waals surface area contributed by atoms with Crippen LogP contribution in [0.3, 0.4) is 0 Å². The summed E-state index contributed by atoms with van der Waals surface area (Å²) < 4.78 is 13.5. The van der Waals surface area contributed by atoms with Crippen molar-refractivity contribution >= 4 is 0 Å². The first kappa shape index (κ1) is 11.6. The van der Waals surface area contributed by atoms with Gasteiger partial charge in [-0.3, -0.25) is 4.90 Å². The van der Waals surface area contributed by atoms with Crippen molar-refractivity contribution in [3.05, 3.63) is 35.6 Å². The smallest absolute Gasteiger partial charge is 0.127 e. The summed E-state index contributed by atoms with van der Waals surface area (Å²) in [7, 11) is 0. The first-order valence-electron chi connectivity index (χ1n) is 5.97. The molecule has 1 aliphatic heterocycles. The lowest BCUT2D eigenvalue weighted by atomic mass is 10.1. The van der Waals surface area contributed by atoms with Gasteiger partial charge >= 0.3 is 0 Å². The number of halogens is 1. The Morgan fingerprint density at radius 3 is 2.88 bits per heavy atom. The van der Waals surface area contributed by atoms with Crippen LogP contribution in [0.2, 0.25) is 0 Å². The van der Waals surface area contributed by atoms with E-state index in [9.17, 15) is 4.39 Å². The first-order valence-corrected chi connectivity index (χ1v) is 5.97. The molecule has 0 spiro atoms. The fourth-order valence-electron chi connectivity index (χ4n) is 2.21. The molecule has 1 aromatic carbocycles. The maximum Gasteiger partial charge on any atom is 0.127 e. The minimum absolute atomic E-state index is 0.101. The largest absolute Gasteiger partial charge is 0.328 e. The van der Waals surface area contributed by atoms with Crippen molar-refractivity contribution in [3.63, 3.8) is 0 Å². The zero-order chi connectivity index (χ0) is 11.4. The molecule has 1 atom stereocenters. The molecule has 0 radical (unpaired) electrons. The summed E-state index contributed by atoms with van der Waals surface area (Å²) in [5.74, 6) is -0.101. The van der Waals surface area contributed by atoms with Crippen molar-refractivity contribution in [1.29, 1.82) is 0 Å². The zero-order valence-electron chi connectivity index (χ0n) is 9.53. The quantitative estimate of drug-likeness (QED) is 0.830. The van der Waals surface area contributed by atoms with Crippen molar-refractivity contribution < 1.29 is 4.39 Å². The fraction of sp³-hybridized carbons (Fsp3) is 0.538. The lowest BCUT2D eigenvalue weighted by Gasteiger charge is -2.20. The minimum Gasteiger partial charge on any atom is -0.328 e. The predicted octanol–water partition coefficient (Wildman–Crippen LogP) is 2.14. The number of likely N-dealkylation sites (tertiary alicyclic amines) is 1. The highest BCUT2D eigenvalue weighted by molar-refractivity contribution is 5.17. The molecular formula is C13H19FN2. The lowest BCUT2D eigenvalue weighted by Crippen LogP contribution is -2.26. The molecule has 1 aliphatic rings. The number of rotatable bonds is 2. The molecule has 1 fully saturated rings. The Balaban J connectivity index is 1.96. The minimum atomic E-state index is -0.101. The molecule has 1 heterocycles. The normalized spacial score (nSPS) is 23.0. The van der Waals surface area contributed by atoms with Gasteiger partial charge in [-0.25, -0.2) is 4.39 Å². The average molecular weight is 222 g/mol. The highest BCUT2D eigenvalue weighted by Crippen LogP contribution is 2.14. The topological polar surface area (TPSA) is 29.3 Å². The lowest BCUT2D eigenvalue weighted by molar-refractivity contribution is 0.272. The van der Waals surface area contributed by atoms with E-state index in [2.05, 4.69) is 4.90 Å². The van der Waals surface area contributed by atoms with E-state index in [0.29, 0.717) is 12.6 Å². The van der Waals surface area contributed by atoms with Gasteiger partial charge in [0, 0.05) is 18.2 Å². The molecule has 1 unspecified atom stereocenters. The third-order valence-electron chi connectivity index (χ3n) is 3.22. The predicted molar refractivity (Wildman–Crippen MR) is 63.5 cm³/mol. The van der Waals surface area contributed by atoms with Gasteiger partial charge in [-0.15, -0.1) is 0 Å². The van der Waals surface area contributed by atoms with Gasteiger partial charge in [-0.05, 0) is 38.4 Å². The van der Waals surface area contributed by atoms with Crippen LogP contribution in [0.25, 0.3) is 0 Å². The molecule has 2 nitrogen and oxygen atoms in total. The molecule has 1 aromatic rings. The van der Waals surface area contributed by atoms with Crippen molar-refractivity contribution in [3.8, 4) is 0 Å². The second kappa shape index (κ2) is 5.41. The highest BCUT2D eigenvalue weighted by Gasteiger charge is 2.15. The summed E-state index contributed by atoms with van der Waals surface area (Å²) in [5.41, 5.74) is 6.71. The van der Waals surface area contributed by atoms with Crippen molar-refractivity contribution in [1.82, 2.24) is 4.90 Å². The fourth-order valence-corrected chi connectivity index (χ4v) is 2.21. The Hall–Kier alpha value is -0.930. The molecule has 0 aliphatic carbocycles. The van der Waals surface area contributed by atoms with Gasteiger partial charge in [0.1, 0.15) is 5.82 Å². The molecule has 1 saturated heterocycles. The van der Waals surface area contributed by atoms with Crippen LogP contribution in [0.15, 0.2) is 24.3 Å². The Labute approximate surface area is 96.2 Å². The molecule has 3 heteroatoms. The van der Waals surface area contributed by atoms with E-state index in [1.165, 1.54) is 6.07 Å². The van der Waals surface area contributed by atoms with Crippen molar-refractivity contribution in [2.75, 3.05) is 13.1 Å². The highest BCUT2D eigenvalue weighted by atomic mass is 19.1. The van der Waals surface area contributed by atoms with Crippen LogP contribution >= 0.6 is 0 Å². The van der Waals surface area contributed by atoms with E-state index in [1.807, 2.05) is 12.1 Å². The second-order valence-corrected chi connectivity index (χ2v) is 4.56. The Bertz CT molecular complexity index is 340. The zero-order valence-corrected chi connectivity index (χ0v) is 9.53. The number of nitrogens with zero attached hydrogens (tertiary/aromatic N) is 1. The summed E-state index contributed by atoms with van der Waals surface area (Å²) in [5, 5.41) is 0. The first-order chi connectivity index (χ1) is 7.75. The van der Waals surface area contributed by atoms with Crippen LogP contribution in [-0.2, 0) is 6.54 Å². The van der Waals surface area contributed by atoms with Crippen molar-refractivity contribution in [2.45, 2.75) is 31.8 Å². The van der Waals surface area contributed by atoms with Crippen LogP contribution in [0.1, 0.15) is 24.8 Å². The molecule has 0 bridgehead atoms. The third-order valence-corrected chi connectivity index (χ3v) is 3.22. The van der Waals surface area contributed by atoms with Gasteiger partial charge in [0.15, 0.2) is 0 Å². The molecule has 88 valence electrons. The van der Waals surface area contributed by atoms with Gasteiger partial charge in [-0.1, -0.05) is 18.2 Å². The average Bonchev–Trinajstić information content (AvgIpc) is 2.47. The van der Waals surface area contributed by atoms with E-state index in [4.69, 9.17) is 5.73 Å². The molecule has 0 saturated carbocycles. The van der Waals surface area contributed by atoms with E-state index >= 15 is 0 Å². The number of hydrogen-bond donors (Lipinski definition) is 1. The van der Waals surface area contributed by atoms with Gasteiger partial charge in [0.25, 0.3) is 0 Å². The third kappa shape index (κ3) is 3.03. The maximum absolute atomic E-state index is 13.5. The van der Waals surface area contributed by atoms with E-state index in [-0.39, 0.29) is 5.82 Å². The van der Waals surface area contributed by atoms with Crippen LogP contribution in [0.4, 0.5) is 4.39 Å². The van der Waals surface area contributed by atoms with Gasteiger partial charge < -0.3 is 5.73 Å². The summed E-state index contributed by atoms with van der Waals surface area (Å²) in [6.45, 7) is 2.72. The Kier molecular flexibility index (Phi) is 3.91. The molecule has 0 amide bonds. The summed E-state index contributed by atoms with van der Waals surface area (Å²) in [6, 6.07) is 7.34. The van der Waals surface area contributed by atoms with E-state index in [0.717, 1.165) is 37.9 Å². The molecule has 2 rings (SSSR count). The molecular weight excluding hydrogens is 203 g/mol. The van der Waals surface area contributed by atoms with Crippen LogP contribution in [0, 0.1) is 5.82 Å².